The molecule has 320 valence electrons. The van der Waals surface area contributed by atoms with Crippen molar-refractivity contribution in [2.75, 3.05) is 19.8 Å². The molecule has 5 atom stereocenters. The lowest BCUT2D eigenvalue weighted by atomic mass is 9.84. The second-order valence-electron chi connectivity index (χ2n) is 17.3. The Bertz CT molecular complexity index is 2110. The maximum absolute atomic E-state index is 14.9. The van der Waals surface area contributed by atoms with Crippen molar-refractivity contribution in [1.29, 1.82) is 0 Å². The van der Waals surface area contributed by atoms with Gasteiger partial charge in [-0.25, -0.2) is 4.98 Å². The van der Waals surface area contributed by atoms with Gasteiger partial charge in [-0.3, -0.25) is 24.3 Å². The Kier molecular flexibility index (Phi) is 14.9. The van der Waals surface area contributed by atoms with Crippen LogP contribution in [-0.4, -0.2) is 68.5 Å². The normalized spacial score (nSPS) is 20.1. The van der Waals surface area contributed by atoms with Crippen LogP contribution in [0.1, 0.15) is 223 Å². The Morgan fingerprint density at radius 2 is 1.49 bits per heavy atom. The van der Waals surface area contributed by atoms with Crippen molar-refractivity contribution >= 4 is 40.0 Å². The van der Waals surface area contributed by atoms with Crippen molar-refractivity contribution in [1.82, 2.24) is 24.8 Å². The smallest absolute Gasteiger partial charge is 0.305 e. The lowest BCUT2D eigenvalue weighted by Crippen LogP contribution is -2.41. The highest BCUT2D eigenvalue weighted by atomic mass is 16.5. The molecule has 4 aliphatic heterocycles. The number of aromatic nitrogens is 4. The summed E-state index contributed by atoms with van der Waals surface area (Å²) in [6.45, 7) is 20.6. The summed E-state index contributed by atoms with van der Waals surface area (Å²) in [5, 5.41) is 0. The number of imide groups is 1. The van der Waals surface area contributed by atoms with Gasteiger partial charge in [-0.15, -0.1) is 0 Å². The van der Waals surface area contributed by atoms with E-state index in [1.54, 1.807) is 0 Å². The van der Waals surface area contributed by atoms with Crippen LogP contribution in [0.3, 0.4) is 0 Å². The van der Waals surface area contributed by atoms with Crippen LogP contribution < -0.4 is 0 Å². The molecule has 10 nitrogen and oxygen atoms in total. The number of fused-ring (bicyclic) bond motifs is 8. The van der Waals surface area contributed by atoms with E-state index in [0.717, 1.165) is 108 Å². The third-order valence-electron chi connectivity index (χ3n) is 13.2. The molecule has 2 amide bonds. The number of unbranched alkanes of at least 4 members (excludes halogenated alkanes) is 7. The molecule has 0 unspecified atom stereocenters. The molecule has 59 heavy (non-hydrogen) atoms. The SMILES string of the molecule is CCCCCCCO[C@@H](C)C1=C(C)c2cc3[nH]c(c4c5[nH]c(cc6nc(cc1n2)[C@H](C)[C@H]6CC)c(C)c5C(=O)N(CCCCCC)C4=O)[C@@H](CCC(=O)OCCC)[C@@H]3C. The van der Waals surface area contributed by atoms with E-state index in [0.29, 0.717) is 42.8 Å². The van der Waals surface area contributed by atoms with Gasteiger partial charge in [0.1, 0.15) is 0 Å². The Hall–Kier alpha value is -4.31. The van der Waals surface area contributed by atoms with Gasteiger partial charge >= 0.3 is 5.97 Å². The standard InChI is InChI=1S/C49H69N5O5/c1-10-14-16-18-20-25-58-33(9)43-31(7)38-26-37-30(6)35(21-22-42(55)59-24-12-3)46(52-37)45-47-44(48(56)54(49(45)57)23-19-17-15-11-2)32(8)39(53-47)27-40-34(13-4)29(5)36(50-40)28-41(43)51-38/h26-30,33-35,52-53H,10-25H2,1-9H3/t29-,30+,33+,34-,35+/m1/s1. The molecule has 0 radical (unpaired) electrons. The largest absolute Gasteiger partial charge is 0.466 e. The third kappa shape index (κ3) is 9.23. The Morgan fingerprint density at radius 1 is 0.780 bits per heavy atom. The molecule has 2 aromatic rings. The zero-order valence-electron chi connectivity index (χ0n) is 37.3. The number of nitrogens with zero attached hydrogens (tertiary/aromatic N) is 3. The Labute approximate surface area is 352 Å². The minimum Gasteiger partial charge on any atom is -0.466 e. The van der Waals surface area contributed by atoms with Crippen LogP contribution in [0, 0.1) is 6.92 Å². The lowest BCUT2D eigenvalue weighted by Gasteiger charge is -2.27. The number of nitrogens with one attached hydrogen (secondary N) is 2. The number of hydrogen-bond donors (Lipinski definition) is 2. The lowest BCUT2D eigenvalue weighted by molar-refractivity contribution is -0.143. The van der Waals surface area contributed by atoms with Crippen LogP contribution >= 0.6 is 0 Å². The number of aromatic amines is 2. The van der Waals surface area contributed by atoms with Gasteiger partial charge < -0.3 is 19.4 Å². The van der Waals surface area contributed by atoms with Crippen LogP contribution in [0.25, 0.3) is 22.2 Å². The topological polar surface area (TPSA) is 130 Å². The van der Waals surface area contributed by atoms with Gasteiger partial charge in [0.25, 0.3) is 11.8 Å². The molecule has 6 rings (SSSR count). The number of carbonyl (C=O) groups excluding carboxylic acids is 3. The summed E-state index contributed by atoms with van der Waals surface area (Å²) in [7, 11) is 0. The van der Waals surface area contributed by atoms with E-state index in [1.807, 2.05) is 13.8 Å². The van der Waals surface area contributed by atoms with E-state index in [4.69, 9.17) is 19.4 Å². The van der Waals surface area contributed by atoms with Crippen molar-refractivity contribution in [3.05, 3.63) is 69.1 Å². The maximum atomic E-state index is 14.9. The second-order valence-corrected chi connectivity index (χ2v) is 17.3. The number of carbonyl (C=O) groups is 3. The van der Waals surface area contributed by atoms with Gasteiger partial charge in [0, 0.05) is 77.1 Å². The molecule has 8 bridgehead atoms. The summed E-state index contributed by atoms with van der Waals surface area (Å²) >= 11 is 0. The van der Waals surface area contributed by atoms with Gasteiger partial charge in [0.2, 0.25) is 0 Å². The number of rotatable bonds is 19. The molecule has 2 N–H and O–H groups in total. The molecule has 0 spiro atoms. The van der Waals surface area contributed by atoms with Crippen LogP contribution in [-0.2, 0) is 14.3 Å². The maximum Gasteiger partial charge on any atom is 0.305 e. The van der Waals surface area contributed by atoms with Gasteiger partial charge in [0.05, 0.1) is 40.7 Å². The molecule has 6 heterocycles. The summed E-state index contributed by atoms with van der Waals surface area (Å²) in [6, 6.07) is 6.37. The first-order valence-corrected chi connectivity index (χ1v) is 22.9. The molecule has 0 saturated carbocycles. The summed E-state index contributed by atoms with van der Waals surface area (Å²) in [5.74, 6) is -0.820. The summed E-state index contributed by atoms with van der Waals surface area (Å²) in [4.78, 5) is 61.8. The number of H-pyrrole nitrogens is 2. The number of hydrogen-bond acceptors (Lipinski definition) is 7. The van der Waals surface area contributed by atoms with Gasteiger partial charge in [-0.1, -0.05) is 86.5 Å². The highest BCUT2D eigenvalue weighted by molar-refractivity contribution is 6.23. The predicted octanol–water partition coefficient (Wildman–Crippen LogP) is 11.7. The van der Waals surface area contributed by atoms with Gasteiger partial charge in [-0.05, 0) is 82.2 Å². The number of esters is 1. The minimum absolute atomic E-state index is 0.0915. The van der Waals surface area contributed by atoms with E-state index >= 15 is 0 Å². The molecule has 0 fully saturated rings. The van der Waals surface area contributed by atoms with Crippen molar-refractivity contribution in [3.63, 3.8) is 0 Å². The summed E-state index contributed by atoms with van der Waals surface area (Å²) in [5.41, 5.74) is 10.5. The third-order valence-corrected chi connectivity index (χ3v) is 13.2. The van der Waals surface area contributed by atoms with E-state index in [-0.39, 0.29) is 54.0 Å². The van der Waals surface area contributed by atoms with Crippen molar-refractivity contribution in [3.8, 4) is 0 Å². The summed E-state index contributed by atoms with van der Waals surface area (Å²) < 4.78 is 12.1. The molecule has 2 aromatic heterocycles. The molecule has 0 aromatic carbocycles. The first-order chi connectivity index (χ1) is 28.4. The molecule has 10 heteroatoms. The van der Waals surface area contributed by atoms with Gasteiger partial charge in [-0.2, -0.15) is 0 Å². The molecule has 4 aliphatic rings. The van der Waals surface area contributed by atoms with E-state index in [9.17, 15) is 14.4 Å². The van der Waals surface area contributed by atoms with Crippen molar-refractivity contribution in [2.45, 2.75) is 176 Å². The van der Waals surface area contributed by atoms with Gasteiger partial charge in [0.15, 0.2) is 0 Å². The first-order valence-electron chi connectivity index (χ1n) is 22.9. The molecule has 0 saturated heterocycles. The first kappa shape index (κ1) is 44.2. The zero-order valence-corrected chi connectivity index (χ0v) is 37.3. The number of ether oxygens (including phenoxy) is 2. The van der Waals surface area contributed by atoms with Crippen LogP contribution in [0.15, 0.2) is 18.2 Å². The van der Waals surface area contributed by atoms with Crippen LogP contribution in [0.2, 0.25) is 0 Å². The fourth-order valence-corrected chi connectivity index (χ4v) is 9.54. The molecule has 0 aliphatic carbocycles. The highest BCUT2D eigenvalue weighted by Crippen LogP contribution is 2.46. The number of amides is 2. The Balaban J connectivity index is 1.60. The average Bonchev–Trinajstić information content (AvgIpc) is 3.90. The van der Waals surface area contributed by atoms with Crippen LogP contribution in [0.4, 0.5) is 0 Å². The zero-order chi connectivity index (χ0) is 42.4. The number of allylic oxidation sites excluding steroid dienone is 1. The second kappa shape index (κ2) is 19.8. The fraction of sp³-hybridized carbons (Fsp3) is 0.612. The highest BCUT2D eigenvalue weighted by Gasteiger charge is 2.41. The average molecular weight is 808 g/mol. The van der Waals surface area contributed by atoms with E-state index < -0.39 is 0 Å². The predicted molar refractivity (Wildman–Crippen MR) is 236 cm³/mol. The monoisotopic (exact) mass is 808 g/mol. The van der Waals surface area contributed by atoms with Crippen molar-refractivity contribution < 1.29 is 23.9 Å². The van der Waals surface area contributed by atoms with E-state index in [1.165, 1.54) is 24.2 Å². The molecular weight excluding hydrogens is 739 g/mol. The fourth-order valence-electron chi connectivity index (χ4n) is 9.54. The quantitative estimate of drug-likeness (QED) is 0.0821. The minimum atomic E-state index is -0.307. The van der Waals surface area contributed by atoms with Crippen molar-refractivity contribution in [2.24, 2.45) is 0 Å². The van der Waals surface area contributed by atoms with Crippen LogP contribution in [0.5, 0.6) is 0 Å². The molecular formula is C49H69N5O5. The Morgan fingerprint density at radius 3 is 2.20 bits per heavy atom. The van der Waals surface area contributed by atoms with E-state index in [2.05, 4.69) is 76.6 Å². The number of aryl methyl sites for hydroxylation is 1. The summed E-state index contributed by atoms with van der Waals surface area (Å²) in [6.07, 6.45) is 11.8.